The minimum Gasteiger partial charge on any atom is -0.506 e. The second-order valence-electron chi connectivity index (χ2n) is 14.9. The van der Waals surface area contributed by atoms with Gasteiger partial charge in [0, 0.05) is 44.7 Å². The largest absolute Gasteiger partial charge is 0.506 e. The summed E-state index contributed by atoms with van der Waals surface area (Å²) < 4.78 is 13.9. The van der Waals surface area contributed by atoms with E-state index in [-0.39, 0.29) is 42.0 Å². The maximum Gasteiger partial charge on any atom is 0.408 e. The Bertz CT molecular complexity index is 2220. The number of ether oxygens (including phenoxy) is 2. The molecule has 3 saturated heterocycles. The number of pyridine rings is 1. The van der Waals surface area contributed by atoms with Crippen LogP contribution in [0.4, 0.5) is 4.79 Å². The summed E-state index contributed by atoms with van der Waals surface area (Å²) >= 11 is 0. The summed E-state index contributed by atoms with van der Waals surface area (Å²) in [5.41, 5.74) is 3.37. The number of aromatic nitrogens is 3. The Hall–Kier alpha value is -5.70. The van der Waals surface area contributed by atoms with Crippen LogP contribution in [0.25, 0.3) is 10.9 Å². The van der Waals surface area contributed by atoms with E-state index in [2.05, 4.69) is 25.6 Å². The van der Waals surface area contributed by atoms with Gasteiger partial charge in [0.25, 0.3) is 5.91 Å². The van der Waals surface area contributed by atoms with Crippen LogP contribution < -0.4 is 20.9 Å². The summed E-state index contributed by atoms with van der Waals surface area (Å²) in [6.07, 6.45) is 1.35. The molecule has 3 atom stereocenters. The summed E-state index contributed by atoms with van der Waals surface area (Å²) in [5, 5.41) is 32.5. The number of piperidine rings is 3. The number of rotatable bonds is 16. The van der Waals surface area contributed by atoms with E-state index in [4.69, 9.17) is 9.47 Å². The van der Waals surface area contributed by atoms with Crippen LogP contribution in [0.5, 0.6) is 11.5 Å². The number of hydrogen-bond donors (Lipinski definition) is 5. The van der Waals surface area contributed by atoms with Crippen molar-refractivity contribution < 1.29 is 29.3 Å². The first-order valence-electron chi connectivity index (χ1n) is 19.7. The first kappa shape index (κ1) is 39.5. The molecule has 0 saturated carbocycles. The molecule has 3 aliphatic rings. The van der Waals surface area contributed by atoms with Crippen molar-refractivity contribution in [1.82, 2.24) is 35.2 Å². The van der Waals surface area contributed by atoms with E-state index in [0.717, 1.165) is 43.6 Å². The molecule has 0 spiro atoms. The number of carbonyl (C=O) groups excluding carboxylic acids is 2. The number of aliphatic hydroxyl groups excluding tert-OH is 1. The monoisotopic (exact) mass is 777 g/mol. The Morgan fingerprint density at radius 1 is 1.02 bits per heavy atom. The van der Waals surface area contributed by atoms with Gasteiger partial charge < -0.3 is 40.2 Å². The number of aromatic hydroxyl groups is 1. The second-order valence-corrected chi connectivity index (χ2v) is 14.9. The molecule has 300 valence electrons. The highest BCUT2D eigenvalue weighted by Crippen LogP contribution is 2.31. The number of aliphatic hydroxyl groups is 1. The van der Waals surface area contributed by atoms with Gasteiger partial charge in [0.1, 0.15) is 35.6 Å². The number of carbonyl (C=O) groups is 2. The molecule has 5 aromatic rings. The fourth-order valence-corrected chi connectivity index (χ4v) is 7.87. The molecule has 3 fully saturated rings. The fourth-order valence-electron chi connectivity index (χ4n) is 7.87. The molecule has 0 unspecified atom stereocenters. The van der Waals surface area contributed by atoms with E-state index >= 15 is 0 Å². The van der Waals surface area contributed by atoms with Crippen molar-refractivity contribution in [3.8, 4) is 11.5 Å². The lowest BCUT2D eigenvalue weighted by molar-refractivity contribution is -0.0336. The number of aryl methyl sites for hydroxylation is 1. The van der Waals surface area contributed by atoms with Crippen molar-refractivity contribution in [2.24, 2.45) is 5.92 Å². The molecule has 2 bridgehead atoms. The Morgan fingerprint density at radius 3 is 2.56 bits per heavy atom. The Kier molecular flexibility index (Phi) is 12.5. The van der Waals surface area contributed by atoms with Crippen LogP contribution in [-0.4, -0.2) is 99.2 Å². The van der Waals surface area contributed by atoms with Crippen LogP contribution in [0, 0.1) is 5.92 Å². The number of nitrogens with zero attached hydrogens (tertiary/aromatic N) is 4. The van der Waals surface area contributed by atoms with Gasteiger partial charge in [-0.1, -0.05) is 48.5 Å². The molecule has 5 N–H and O–H groups in total. The third kappa shape index (κ3) is 9.47. The van der Waals surface area contributed by atoms with Crippen LogP contribution in [0.2, 0.25) is 0 Å². The number of benzene rings is 3. The Labute approximate surface area is 331 Å². The molecule has 8 rings (SSSR count). The number of nitrogens with one attached hydrogen (secondary N) is 3. The van der Waals surface area contributed by atoms with Gasteiger partial charge in [0.15, 0.2) is 0 Å². The highest BCUT2D eigenvalue weighted by Gasteiger charge is 2.37. The van der Waals surface area contributed by atoms with Gasteiger partial charge in [0.05, 0.1) is 17.7 Å². The van der Waals surface area contributed by atoms with E-state index < -0.39 is 18.2 Å². The van der Waals surface area contributed by atoms with E-state index in [1.54, 1.807) is 34.8 Å². The van der Waals surface area contributed by atoms with Crippen molar-refractivity contribution in [2.45, 2.75) is 57.6 Å². The van der Waals surface area contributed by atoms with Crippen LogP contribution in [-0.2, 0) is 17.9 Å². The lowest BCUT2D eigenvalue weighted by Crippen LogP contribution is -2.52. The number of amides is 2. The van der Waals surface area contributed by atoms with Gasteiger partial charge in [0.2, 0.25) is 5.56 Å². The molecule has 2 aromatic heterocycles. The predicted octanol–water partition coefficient (Wildman–Crippen LogP) is 4.72. The zero-order valence-electron chi connectivity index (χ0n) is 32.4. The maximum absolute atomic E-state index is 13.5. The van der Waals surface area contributed by atoms with Crippen LogP contribution in [0.3, 0.4) is 0 Å². The third-order valence-corrected chi connectivity index (χ3v) is 11.0. The first-order chi connectivity index (χ1) is 27.7. The van der Waals surface area contributed by atoms with E-state index in [9.17, 15) is 24.6 Å². The summed E-state index contributed by atoms with van der Waals surface area (Å²) in [4.78, 5) is 45.1. The summed E-state index contributed by atoms with van der Waals surface area (Å²) in [5.74, 6) is 0.785. The van der Waals surface area contributed by atoms with Gasteiger partial charge in [-0.15, -0.1) is 0 Å². The quantitative estimate of drug-likeness (QED) is 0.0883. The van der Waals surface area contributed by atoms with Gasteiger partial charge >= 0.3 is 6.09 Å². The topological polar surface area (TPSA) is 174 Å². The number of phenols is 1. The highest BCUT2D eigenvalue weighted by atomic mass is 16.6. The van der Waals surface area contributed by atoms with Gasteiger partial charge in [-0.25, -0.2) is 4.79 Å². The van der Waals surface area contributed by atoms with Crippen molar-refractivity contribution in [2.75, 3.05) is 46.3 Å². The van der Waals surface area contributed by atoms with E-state index in [1.165, 1.54) is 12.1 Å². The zero-order chi connectivity index (χ0) is 39.9. The van der Waals surface area contributed by atoms with Crippen molar-refractivity contribution >= 4 is 22.9 Å². The average molecular weight is 778 g/mol. The number of aromatic amines is 1. The smallest absolute Gasteiger partial charge is 0.408 e. The van der Waals surface area contributed by atoms with Crippen LogP contribution in [0.1, 0.15) is 71.2 Å². The molecule has 0 aliphatic carbocycles. The Morgan fingerprint density at radius 2 is 1.81 bits per heavy atom. The second kappa shape index (κ2) is 18.0. The molecule has 3 aliphatic heterocycles. The average Bonchev–Trinajstić information content (AvgIpc) is 3.66. The molecule has 5 heterocycles. The SMILES string of the molecule is CCn1nc(COc2cccc([C@@H](NC(=O)O[C@H]3CN4CCC3CC4)c3ccccc3)c2)cc1C(=O)N(C)CCCNC[C@H](O)c1ccc(O)c2[nH]c(=O)ccc12. The highest BCUT2D eigenvalue weighted by molar-refractivity contribution is 5.92. The molecular formula is C43H51N7O7. The first-order valence-corrected chi connectivity index (χ1v) is 19.7. The fraction of sp³-hybridized carbons (Fsp3) is 0.395. The molecule has 14 nitrogen and oxygen atoms in total. The number of hydrogen-bond acceptors (Lipinski definition) is 10. The number of alkyl carbamates (subject to hydrolysis) is 1. The molecular weight excluding hydrogens is 727 g/mol. The van der Waals surface area contributed by atoms with Crippen molar-refractivity contribution in [1.29, 1.82) is 0 Å². The summed E-state index contributed by atoms with van der Waals surface area (Å²) in [7, 11) is 1.75. The van der Waals surface area contributed by atoms with Gasteiger partial charge in [-0.05, 0) is 98.8 Å². The van der Waals surface area contributed by atoms with Crippen LogP contribution in [0.15, 0.2) is 89.7 Å². The maximum atomic E-state index is 13.5. The van der Waals surface area contributed by atoms with Gasteiger partial charge in [-0.2, -0.15) is 5.10 Å². The van der Waals surface area contributed by atoms with Crippen LogP contribution >= 0.6 is 0 Å². The molecule has 14 heteroatoms. The molecule has 0 radical (unpaired) electrons. The van der Waals surface area contributed by atoms with Crippen molar-refractivity contribution in [3.05, 3.63) is 123 Å². The minimum atomic E-state index is -0.870. The number of phenolic OH excluding ortho intramolecular Hbond substituents is 1. The predicted molar refractivity (Wildman–Crippen MR) is 215 cm³/mol. The minimum absolute atomic E-state index is 0.0605. The molecule has 3 aromatic carbocycles. The summed E-state index contributed by atoms with van der Waals surface area (Å²) in [6.45, 7) is 6.78. The molecule has 2 amide bonds. The lowest BCUT2D eigenvalue weighted by Gasteiger charge is -2.43. The Balaban J connectivity index is 0.921. The summed E-state index contributed by atoms with van der Waals surface area (Å²) in [6, 6.07) is 24.8. The van der Waals surface area contributed by atoms with E-state index in [1.807, 2.05) is 61.5 Å². The zero-order valence-corrected chi connectivity index (χ0v) is 32.4. The number of H-pyrrole nitrogens is 1. The van der Waals surface area contributed by atoms with Crippen molar-refractivity contribution in [3.63, 3.8) is 0 Å². The lowest BCUT2D eigenvalue weighted by atomic mass is 9.86. The van der Waals surface area contributed by atoms with Gasteiger partial charge in [-0.3, -0.25) is 19.2 Å². The molecule has 57 heavy (non-hydrogen) atoms. The standard InChI is InChI=1S/C43H51N7O7/c1-3-50-35(42(54)48(2)20-8-19-44-25-37(52)33-13-15-36(51)41-34(33)14-16-39(53)45-41)24-31(47-50)27-56-32-12-7-11-30(23-32)40(29-9-5-4-6-10-29)46-43(55)57-38-26-49-21-17-28(38)18-22-49/h4-7,9-16,23-24,28,37-38,40,44,51-52H,3,8,17-22,25-27H2,1-2H3,(H,45,53)(H,46,55)/t37-,38-,40-/m0/s1. The third-order valence-electron chi connectivity index (χ3n) is 11.0. The number of fused-ring (bicyclic) bond motifs is 4. The normalized spacial score (nSPS) is 18.5. The van der Waals surface area contributed by atoms with E-state index in [0.29, 0.717) is 60.1 Å².